The average Bonchev–Trinajstić information content (AvgIpc) is 3.04. The lowest BCUT2D eigenvalue weighted by Crippen LogP contribution is -2.18. The van der Waals surface area contributed by atoms with Gasteiger partial charge < -0.3 is 4.74 Å². The Bertz CT molecular complexity index is 848. The second-order valence-electron chi connectivity index (χ2n) is 7.07. The van der Waals surface area contributed by atoms with Gasteiger partial charge >= 0.3 is 0 Å². The number of hydrogen-bond donors (Lipinski definition) is 0. The third-order valence-corrected chi connectivity index (χ3v) is 5.50. The lowest BCUT2D eigenvalue weighted by Gasteiger charge is -2.19. The summed E-state index contributed by atoms with van der Waals surface area (Å²) in [5.41, 5.74) is 4.51. The predicted octanol–water partition coefficient (Wildman–Crippen LogP) is 5.12. The first-order valence-corrected chi connectivity index (χ1v) is 10.0. The van der Waals surface area contributed by atoms with Gasteiger partial charge in [0.05, 0.1) is 19.3 Å². The van der Waals surface area contributed by atoms with Crippen LogP contribution in [0, 0.1) is 5.92 Å². The van der Waals surface area contributed by atoms with Crippen LogP contribution in [0.2, 0.25) is 0 Å². The second-order valence-corrected chi connectivity index (χ2v) is 7.90. The molecule has 0 aliphatic heterocycles. The van der Waals surface area contributed by atoms with Gasteiger partial charge in [0, 0.05) is 16.7 Å². The Kier molecular flexibility index (Phi) is 6.09. The molecule has 1 heterocycles. The summed E-state index contributed by atoms with van der Waals surface area (Å²) >= 11 is 1.63. The second kappa shape index (κ2) is 8.49. The number of rotatable bonds is 5. The Morgan fingerprint density at radius 1 is 1.27 bits per heavy atom. The number of aromatic nitrogens is 1. The summed E-state index contributed by atoms with van der Waals surface area (Å²) in [6.07, 6.45) is 4.59. The van der Waals surface area contributed by atoms with E-state index in [0.29, 0.717) is 6.54 Å². The molecule has 4 nitrogen and oxygen atoms in total. The minimum Gasteiger partial charge on any atom is -0.497 e. The van der Waals surface area contributed by atoms with Crippen LogP contribution in [0.5, 0.6) is 5.75 Å². The molecule has 3 rings (SSSR count). The first kappa shape index (κ1) is 18.6. The van der Waals surface area contributed by atoms with Gasteiger partial charge in [0.25, 0.3) is 0 Å². The van der Waals surface area contributed by atoms with Gasteiger partial charge in [-0.15, -0.1) is 11.3 Å². The van der Waals surface area contributed by atoms with E-state index in [2.05, 4.69) is 31.0 Å². The Hall–Kier alpha value is -2.14. The summed E-state index contributed by atoms with van der Waals surface area (Å²) < 4.78 is 7.29. The van der Waals surface area contributed by atoms with E-state index in [1.165, 1.54) is 18.6 Å². The number of hydrogen-bond acceptors (Lipinski definition) is 4. The summed E-state index contributed by atoms with van der Waals surface area (Å²) in [6, 6.07) is 8.11. The molecular formula is C21H27N3OS. The third-order valence-electron chi connectivity index (χ3n) is 4.65. The van der Waals surface area contributed by atoms with E-state index in [1.807, 2.05) is 23.7 Å². The van der Waals surface area contributed by atoms with Crippen LogP contribution < -0.4 is 9.54 Å². The minimum absolute atomic E-state index is 0.629. The molecule has 0 atom stereocenters. The van der Waals surface area contributed by atoms with Crippen molar-refractivity contribution in [3.8, 4) is 17.0 Å². The highest BCUT2D eigenvalue weighted by Gasteiger charge is 2.15. The van der Waals surface area contributed by atoms with Crippen molar-refractivity contribution in [2.75, 3.05) is 13.7 Å². The molecule has 1 aromatic carbocycles. The fraction of sp³-hybridized carbons (Fsp3) is 0.429. The number of methoxy groups -OCH3 is 1. The Morgan fingerprint density at radius 3 is 2.58 bits per heavy atom. The maximum absolute atomic E-state index is 5.28. The molecule has 0 saturated heterocycles. The fourth-order valence-electron chi connectivity index (χ4n) is 3.00. The highest BCUT2D eigenvalue weighted by atomic mass is 32.1. The Labute approximate surface area is 159 Å². The van der Waals surface area contributed by atoms with Crippen molar-refractivity contribution in [1.82, 2.24) is 4.68 Å². The molecule has 1 saturated carbocycles. The first-order chi connectivity index (χ1) is 12.6. The van der Waals surface area contributed by atoms with Crippen LogP contribution in [-0.2, 0) is 0 Å². The summed E-state index contributed by atoms with van der Waals surface area (Å²) in [5, 5.41) is 7.13. The lowest BCUT2D eigenvalue weighted by atomic mass is 9.90. The molecule has 0 spiro atoms. The van der Waals surface area contributed by atoms with E-state index >= 15 is 0 Å². The van der Waals surface area contributed by atoms with Gasteiger partial charge in [-0.1, -0.05) is 19.1 Å². The summed E-state index contributed by atoms with van der Waals surface area (Å²) in [4.78, 5) is 5.64. The van der Waals surface area contributed by atoms with Gasteiger partial charge in [0.2, 0.25) is 4.80 Å². The quantitative estimate of drug-likeness (QED) is 0.675. The maximum atomic E-state index is 5.28. The van der Waals surface area contributed by atoms with E-state index in [-0.39, 0.29) is 0 Å². The van der Waals surface area contributed by atoms with Crippen LogP contribution in [0.15, 0.2) is 51.9 Å². The van der Waals surface area contributed by atoms with Crippen LogP contribution in [0.25, 0.3) is 11.3 Å². The van der Waals surface area contributed by atoms with Gasteiger partial charge in [0.15, 0.2) is 0 Å². The summed E-state index contributed by atoms with van der Waals surface area (Å²) in [7, 11) is 1.68. The van der Waals surface area contributed by atoms with Crippen LogP contribution >= 0.6 is 11.3 Å². The van der Waals surface area contributed by atoms with Crippen molar-refractivity contribution >= 4 is 17.0 Å². The Balaban J connectivity index is 2.02. The van der Waals surface area contributed by atoms with Gasteiger partial charge in [-0.25, -0.2) is 4.68 Å². The molecule has 138 valence electrons. The number of benzene rings is 1. The molecule has 0 N–H and O–H groups in total. The molecule has 0 radical (unpaired) electrons. The SMILES string of the molecule is C=C(C)CN=c1scc(-c2ccc(OC)cc2)n1N=C1CCC(C)CC1. The molecule has 2 aromatic rings. The molecule has 1 aliphatic carbocycles. The van der Waals surface area contributed by atoms with E-state index < -0.39 is 0 Å². The van der Waals surface area contributed by atoms with Crippen molar-refractivity contribution < 1.29 is 4.74 Å². The predicted molar refractivity (Wildman–Crippen MR) is 110 cm³/mol. The largest absolute Gasteiger partial charge is 0.497 e. The zero-order valence-electron chi connectivity index (χ0n) is 15.9. The standard InChI is InChI=1S/C21H27N3OS/c1-15(2)13-22-21-24(23-18-9-5-16(3)6-10-18)20(14-26-21)17-7-11-19(25-4)12-8-17/h7-8,11-12,14,16H,1,5-6,9-10,13H2,2-4H3. The minimum atomic E-state index is 0.629. The van der Waals surface area contributed by atoms with Gasteiger partial charge in [0.1, 0.15) is 5.75 Å². The van der Waals surface area contributed by atoms with Crippen molar-refractivity contribution in [3.63, 3.8) is 0 Å². The number of ether oxygens (including phenoxy) is 1. The smallest absolute Gasteiger partial charge is 0.206 e. The van der Waals surface area contributed by atoms with Crippen molar-refractivity contribution in [2.24, 2.45) is 16.0 Å². The molecule has 1 aliphatic rings. The summed E-state index contributed by atoms with van der Waals surface area (Å²) in [6.45, 7) is 8.91. The average molecular weight is 370 g/mol. The van der Waals surface area contributed by atoms with Crippen molar-refractivity contribution in [2.45, 2.75) is 39.5 Å². The van der Waals surface area contributed by atoms with Crippen LogP contribution in [0.1, 0.15) is 39.5 Å². The van der Waals surface area contributed by atoms with Crippen LogP contribution in [0.4, 0.5) is 0 Å². The topological polar surface area (TPSA) is 38.9 Å². The molecule has 26 heavy (non-hydrogen) atoms. The van der Waals surface area contributed by atoms with Crippen molar-refractivity contribution in [1.29, 1.82) is 0 Å². The molecule has 0 bridgehead atoms. The molecule has 0 unspecified atom stereocenters. The molecule has 1 fully saturated rings. The summed E-state index contributed by atoms with van der Waals surface area (Å²) in [5.74, 6) is 1.66. The number of nitrogens with zero attached hydrogens (tertiary/aromatic N) is 3. The Morgan fingerprint density at radius 2 is 1.96 bits per heavy atom. The molecular weight excluding hydrogens is 342 g/mol. The van der Waals surface area contributed by atoms with Crippen molar-refractivity contribution in [3.05, 3.63) is 46.6 Å². The number of thiazole rings is 1. The highest BCUT2D eigenvalue weighted by molar-refractivity contribution is 7.07. The molecule has 5 heteroatoms. The maximum Gasteiger partial charge on any atom is 0.206 e. The third kappa shape index (κ3) is 4.52. The van der Waals surface area contributed by atoms with E-state index in [4.69, 9.17) is 14.8 Å². The fourth-order valence-corrected chi connectivity index (χ4v) is 3.83. The van der Waals surface area contributed by atoms with E-state index in [1.54, 1.807) is 18.4 Å². The van der Waals surface area contributed by atoms with E-state index in [0.717, 1.165) is 46.1 Å². The highest BCUT2D eigenvalue weighted by Crippen LogP contribution is 2.25. The zero-order chi connectivity index (χ0) is 18.5. The zero-order valence-corrected chi connectivity index (χ0v) is 16.7. The van der Waals surface area contributed by atoms with Gasteiger partial charge in [-0.05, 0) is 62.8 Å². The first-order valence-electron chi connectivity index (χ1n) is 9.13. The lowest BCUT2D eigenvalue weighted by molar-refractivity contribution is 0.415. The van der Waals surface area contributed by atoms with E-state index in [9.17, 15) is 0 Å². The van der Waals surface area contributed by atoms with Gasteiger partial charge in [-0.2, -0.15) is 5.10 Å². The normalized spacial score (nSPS) is 18.0. The van der Waals surface area contributed by atoms with Gasteiger partial charge in [-0.3, -0.25) is 4.99 Å². The molecule has 1 aromatic heterocycles. The van der Waals surface area contributed by atoms with Crippen LogP contribution in [0.3, 0.4) is 0 Å². The monoisotopic (exact) mass is 369 g/mol. The van der Waals surface area contributed by atoms with Crippen LogP contribution in [-0.4, -0.2) is 24.0 Å². The molecule has 0 amide bonds.